The fraction of sp³-hybridized carbons (Fsp3) is 0.200. The van der Waals surface area contributed by atoms with E-state index in [1.165, 1.54) is 12.1 Å². The predicted molar refractivity (Wildman–Crippen MR) is 83.4 cm³/mol. The summed E-state index contributed by atoms with van der Waals surface area (Å²) in [5.74, 6) is 0.988. The van der Waals surface area contributed by atoms with Gasteiger partial charge in [0.15, 0.2) is 0 Å². The van der Waals surface area contributed by atoms with Crippen molar-refractivity contribution in [3.05, 3.63) is 57.6 Å². The summed E-state index contributed by atoms with van der Waals surface area (Å²) in [6.45, 7) is 2.11. The molecule has 0 spiro atoms. The van der Waals surface area contributed by atoms with Crippen molar-refractivity contribution >= 4 is 29.1 Å². The Morgan fingerprint density at radius 1 is 1.35 bits per heavy atom. The van der Waals surface area contributed by atoms with Crippen molar-refractivity contribution in [2.24, 2.45) is 0 Å². The zero-order chi connectivity index (χ0) is 14.5. The summed E-state index contributed by atoms with van der Waals surface area (Å²) in [5, 5.41) is 11.5. The van der Waals surface area contributed by atoms with E-state index in [-0.39, 0.29) is 5.69 Å². The number of rotatable bonds is 5. The van der Waals surface area contributed by atoms with Crippen molar-refractivity contribution in [1.82, 2.24) is 0 Å². The number of nitro benzene ring substituents is 1. The minimum Gasteiger partial charge on any atom is -0.258 e. The van der Waals surface area contributed by atoms with E-state index in [0.29, 0.717) is 10.6 Å². The highest BCUT2D eigenvalue weighted by Gasteiger charge is 2.09. The van der Waals surface area contributed by atoms with Gasteiger partial charge in [-0.15, -0.1) is 11.8 Å². The maximum Gasteiger partial charge on any atom is 0.270 e. The highest BCUT2D eigenvalue weighted by Crippen LogP contribution is 2.33. The molecule has 0 heterocycles. The number of nitro groups is 1. The van der Waals surface area contributed by atoms with Crippen molar-refractivity contribution in [2.75, 3.05) is 5.75 Å². The number of non-ortho nitro benzene ring substituents is 1. The first-order valence-corrected chi connectivity index (χ1v) is 7.57. The van der Waals surface area contributed by atoms with Gasteiger partial charge in [0.25, 0.3) is 5.69 Å². The van der Waals surface area contributed by atoms with Crippen LogP contribution >= 0.6 is 23.4 Å². The van der Waals surface area contributed by atoms with Crippen LogP contribution in [0.5, 0.6) is 0 Å². The van der Waals surface area contributed by atoms with E-state index >= 15 is 0 Å². The monoisotopic (exact) mass is 306 g/mol. The Morgan fingerprint density at radius 2 is 2.15 bits per heavy atom. The smallest absolute Gasteiger partial charge is 0.258 e. The summed E-state index contributed by atoms with van der Waals surface area (Å²) in [4.78, 5) is 11.4. The van der Waals surface area contributed by atoms with Crippen molar-refractivity contribution in [3.63, 3.8) is 0 Å². The number of hydrogen-bond donors (Lipinski definition) is 0. The third-order valence-electron chi connectivity index (χ3n) is 2.70. The molecule has 0 aliphatic heterocycles. The van der Waals surface area contributed by atoms with Crippen molar-refractivity contribution in [1.29, 1.82) is 0 Å². The van der Waals surface area contributed by atoms with Crippen molar-refractivity contribution < 1.29 is 4.92 Å². The summed E-state index contributed by atoms with van der Waals surface area (Å²) in [7, 11) is 0. The lowest BCUT2D eigenvalue weighted by atomic mass is 10.1. The lowest BCUT2D eigenvalue weighted by Gasteiger charge is -2.07. The summed E-state index contributed by atoms with van der Waals surface area (Å²) in [5.41, 5.74) is 1.65. The molecule has 0 fully saturated rings. The largest absolute Gasteiger partial charge is 0.270 e. The van der Waals surface area contributed by atoms with E-state index in [1.807, 2.05) is 18.2 Å². The molecule has 2 aromatic carbocycles. The first-order valence-electron chi connectivity index (χ1n) is 6.20. The third kappa shape index (κ3) is 3.52. The van der Waals surface area contributed by atoms with Crippen LogP contribution in [0.2, 0.25) is 5.02 Å². The van der Waals surface area contributed by atoms with E-state index < -0.39 is 4.92 Å². The topological polar surface area (TPSA) is 43.1 Å². The zero-order valence-corrected chi connectivity index (χ0v) is 12.5. The lowest BCUT2D eigenvalue weighted by Crippen LogP contribution is -1.88. The molecule has 0 N–H and O–H groups in total. The number of hydrogen-bond acceptors (Lipinski definition) is 3. The van der Waals surface area contributed by atoms with Crippen LogP contribution in [-0.4, -0.2) is 10.7 Å². The number of thioether (sulfide) groups is 1. The molecule has 20 heavy (non-hydrogen) atoms. The van der Waals surface area contributed by atoms with Gasteiger partial charge in [0.1, 0.15) is 0 Å². The average Bonchev–Trinajstić information content (AvgIpc) is 2.46. The molecule has 0 saturated carbocycles. The van der Waals surface area contributed by atoms with Crippen LogP contribution in [0.3, 0.4) is 0 Å². The first kappa shape index (κ1) is 14.9. The Balaban J connectivity index is 2.37. The summed E-state index contributed by atoms with van der Waals surface area (Å²) in [6, 6.07) is 13.2. The normalized spacial score (nSPS) is 10.5. The molecular weight excluding hydrogens is 294 g/mol. The first-order chi connectivity index (χ1) is 9.61. The van der Waals surface area contributed by atoms with E-state index in [0.717, 1.165) is 22.6 Å². The number of nitrogens with zero attached hydrogens (tertiary/aromatic N) is 1. The van der Waals surface area contributed by atoms with Gasteiger partial charge >= 0.3 is 0 Å². The highest BCUT2D eigenvalue weighted by atomic mass is 35.5. The molecule has 0 saturated heterocycles. The van der Waals surface area contributed by atoms with Gasteiger partial charge in [-0.25, -0.2) is 0 Å². The second-order valence-electron chi connectivity index (χ2n) is 4.21. The predicted octanol–water partition coefficient (Wildman–Crippen LogP) is 5.22. The Hall–Kier alpha value is -1.52. The number of halogens is 1. The molecule has 0 atom stereocenters. The van der Waals surface area contributed by atoms with Gasteiger partial charge in [0.2, 0.25) is 0 Å². The van der Waals surface area contributed by atoms with E-state index in [4.69, 9.17) is 11.6 Å². The molecule has 0 aliphatic carbocycles. The van der Waals surface area contributed by atoms with E-state index in [9.17, 15) is 10.1 Å². The molecular formula is C15H13ClNO2S. The molecule has 0 unspecified atom stereocenters. The van der Waals surface area contributed by atoms with Crippen LogP contribution < -0.4 is 0 Å². The van der Waals surface area contributed by atoms with Crippen molar-refractivity contribution in [3.8, 4) is 11.1 Å². The molecule has 0 amide bonds. The van der Waals surface area contributed by atoms with Crippen LogP contribution in [0.15, 0.2) is 41.3 Å². The van der Waals surface area contributed by atoms with E-state index in [2.05, 4.69) is 13.0 Å². The van der Waals surface area contributed by atoms with Gasteiger partial charge < -0.3 is 0 Å². The molecule has 2 aromatic rings. The summed E-state index contributed by atoms with van der Waals surface area (Å²) < 4.78 is 0. The van der Waals surface area contributed by atoms with E-state index in [1.54, 1.807) is 17.8 Å². The molecule has 1 radical (unpaired) electrons. The Labute approximate surface area is 127 Å². The Bertz CT molecular complexity index is 631. The Kier molecular flexibility index (Phi) is 5.04. The third-order valence-corrected chi connectivity index (χ3v) is 4.40. The molecule has 5 heteroatoms. The second kappa shape index (κ2) is 6.77. The van der Waals surface area contributed by atoms with Gasteiger partial charge in [-0.1, -0.05) is 24.6 Å². The maximum absolute atomic E-state index is 10.8. The minimum absolute atomic E-state index is 0.0662. The molecule has 0 bridgehead atoms. The van der Waals surface area contributed by atoms with Gasteiger partial charge in [0, 0.05) is 17.0 Å². The molecule has 0 aliphatic rings. The summed E-state index contributed by atoms with van der Waals surface area (Å²) >= 11 is 7.85. The average molecular weight is 307 g/mol. The molecule has 103 valence electrons. The number of benzene rings is 2. The van der Waals surface area contributed by atoms with Gasteiger partial charge in [0.05, 0.1) is 9.95 Å². The van der Waals surface area contributed by atoms with Gasteiger partial charge in [-0.2, -0.15) is 0 Å². The molecule has 2 rings (SSSR count). The fourth-order valence-electron chi connectivity index (χ4n) is 1.73. The van der Waals surface area contributed by atoms with Gasteiger partial charge in [-0.3, -0.25) is 10.1 Å². The summed E-state index contributed by atoms with van der Waals surface area (Å²) in [6.07, 6.45) is 1.06. The SMILES string of the molecule is CCCSc1cc(-c2[c]ccc([N+](=O)[O-])c2)ccc1Cl. The quantitative estimate of drug-likeness (QED) is 0.432. The minimum atomic E-state index is -0.403. The Morgan fingerprint density at radius 3 is 2.85 bits per heavy atom. The van der Waals surface area contributed by atoms with Crippen LogP contribution in [0.25, 0.3) is 11.1 Å². The lowest BCUT2D eigenvalue weighted by molar-refractivity contribution is -0.384. The van der Waals surface area contributed by atoms with Crippen LogP contribution in [0.1, 0.15) is 13.3 Å². The van der Waals surface area contributed by atoms with Crippen molar-refractivity contribution in [2.45, 2.75) is 18.2 Å². The maximum atomic E-state index is 10.8. The molecule has 3 nitrogen and oxygen atoms in total. The van der Waals surface area contributed by atoms with Crippen LogP contribution in [0.4, 0.5) is 5.69 Å². The zero-order valence-electron chi connectivity index (χ0n) is 10.9. The highest BCUT2D eigenvalue weighted by molar-refractivity contribution is 7.99. The van der Waals surface area contributed by atoms with Gasteiger partial charge in [-0.05, 0) is 47.6 Å². The fourth-order valence-corrected chi connectivity index (χ4v) is 2.85. The standard InChI is InChI=1S/C15H13ClNO2S/c1-2-8-20-15-10-12(6-7-14(15)16)11-4-3-5-13(9-11)17(18)19/h3,5-7,9-10H,2,8H2,1H3. The van der Waals surface area contributed by atoms with Crippen LogP contribution in [-0.2, 0) is 0 Å². The second-order valence-corrected chi connectivity index (χ2v) is 5.76. The van der Waals surface area contributed by atoms with Crippen LogP contribution in [0, 0.1) is 16.2 Å². The molecule has 0 aromatic heterocycles.